The monoisotopic (exact) mass is 355 g/mol. The topological polar surface area (TPSA) is 84.9 Å². The van der Waals surface area contributed by atoms with E-state index in [2.05, 4.69) is 5.32 Å². The van der Waals surface area contributed by atoms with E-state index in [1.54, 1.807) is 38.1 Å². The molecule has 1 amide bonds. The molecule has 3 atom stereocenters. The summed E-state index contributed by atoms with van der Waals surface area (Å²) in [5.74, 6) is -0.404. The molecule has 0 aromatic heterocycles. The van der Waals surface area contributed by atoms with Crippen molar-refractivity contribution >= 4 is 17.6 Å². The van der Waals surface area contributed by atoms with Gasteiger partial charge < -0.3 is 19.9 Å². The van der Waals surface area contributed by atoms with E-state index in [1.807, 2.05) is 24.3 Å². The summed E-state index contributed by atoms with van der Waals surface area (Å²) in [5, 5.41) is 11.8. The Bertz CT molecular complexity index is 802. The number of rotatable bonds is 5. The lowest BCUT2D eigenvalue weighted by Gasteiger charge is -2.31. The second-order valence-electron chi connectivity index (χ2n) is 6.44. The zero-order valence-corrected chi connectivity index (χ0v) is 14.6. The molecular weight excluding hydrogens is 334 g/mol. The highest BCUT2D eigenvalue weighted by atomic mass is 16.6. The van der Waals surface area contributed by atoms with Crippen molar-refractivity contribution < 1.29 is 24.2 Å². The van der Waals surface area contributed by atoms with E-state index in [9.17, 15) is 9.59 Å². The average molecular weight is 355 g/mol. The molecule has 26 heavy (non-hydrogen) atoms. The van der Waals surface area contributed by atoms with Crippen LogP contribution in [0.3, 0.4) is 0 Å². The normalized spacial score (nSPS) is 19.5. The minimum absolute atomic E-state index is 0.293. The molecule has 136 valence electrons. The van der Waals surface area contributed by atoms with Gasteiger partial charge in [-0.25, -0.2) is 0 Å². The number of carbonyl (C=O) groups excluding carboxylic acids is 1. The minimum atomic E-state index is -0.828. The lowest BCUT2D eigenvalue weighted by Crippen LogP contribution is -2.46. The third kappa shape index (κ3) is 3.96. The maximum absolute atomic E-state index is 12.5. The highest BCUT2D eigenvalue weighted by Crippen LogP contribution is 2.33. The zero-order valence-electron chi connectivity index (χ0n) is 14.6. The van der Waals surface area contributed by atoms with Gasteiger partial charge in [0.25, 0.3) is 5.91 Å². The fourth-order valence-corrected chi connectivity index (χ4v) is 2.78. The van der Waals surface area contributed by atoms with Crippen LogP contribution in [0.15, 0.2) is 48.5 Å². The van der Waals surface area contributed by atoms with Crippen molar-refractivity contribution in [3.8, 4) is 11.5 Å². The summed E-state index contributed by atoms with van der Waals surface area (Å²) in [7, 11) is 0. The molecule has 0 radical (unpaired) electrons. The molecule has 6 heteroatoms. The van der Waals surface area contributed by atoms with Gasteiger partial charge >= 0.3 is 5.97 Å². The molecule has 3 unspecified atom stereocenters. The van der Waals surface area contributed by atoms with Crippen LogP contribution in [0.2, 0.25) is 0 Å². The first-order chi connectivity index (χ1) is 12.4. The number of nitrogens with one attached hydrogen (secondary N) is 1. The summed E-state index contributed by atoms with van der Waals surface area (Å²) < 4.78 is 11.5. The molecule has 1 heterocycles. The Balaban J connectivity index is 1.64. The summed E-state index contributed by atoms with van der Waals surface area (Å²) in [4.78, 5) is 23.5. The average Bonchev–Trinajstić information content (AvgIpc) is 2.62. The molecule has 1 aliphatic heterocycles. The molecule has 0 spiro atoms. The first-order valence-electron chi connectivity index (χ1n) is 8.49. The summed E-state index contributed by atoms with van der Waals surface area (Å²) in [6.07, 6.45) is -0.728. The zero-order chi connectivity index (χ0) is 18.7. The maximum Gasteiger partial charge on any atom is 0.306 e. The van der Waals surface area contributed by atoms with Gasteiger partial charge in [0.05, 0.1) is 5.92 Å². The van der Waals surface area contributed by atoms with Crippen LogP contribution >= 0.6 is 0 Å². The Labute approximate surface area is 151 Å². The molecule has 1 aliphatic rings. The fraction of sp³-hybridized carbons (Fsp3) is 0.300. The number of amides is 1. The largest absolute Gasteiger partial charge is 0.482 e. The first-order valence-corrected chi connectivity index (χ1v) is 8.49. The maximum atomic E-state index is 12.5. The third-order valence-electron chi connectivity index (χ3n) is 4.29. The minimum Gasteiger partial charge on any atom is -0.482 e. The number of hydrogen-bond acceptors (Lipinski definition) is 4. The third-order valence-corrected chi connectivity index (χ3v) is 4.29. The summed E-state index contributed by atoms with van der Waals surface area (Å²) in [6, 6.07) is 14.4. The number of carboxylic acids is 1. The number of para-hydroxylation sites is 2. The molecule has 2 aromatic carbocycles. The standard InChI is InChI=1S/C20H21NO5/c1-12(20(23)24)11-14-7-9-15(10-8-14)21-19(22)18-13(2)25-16-5-3-4-6-17(16)26-18/h3-10,12-13,18H,11H2,1-2H3,(H,21,22)(H,23,24). The van der Waals surface area contributed by atoms with Gasteiger partial charge in [-0.2, -0.15) is 0 Å². The lowest BCUT2D eigenvalue weighted by molar-refractivity contribution is -0.141. The second kappa shape index (κ2) is 7.47. The van der Waals surface area contributed by atoms with Crippen LogP contribution in [0.25, 0.3) is 0 Å². The molecule has 3 rings (SSSR count). The van der Waals surface area contributed by atoms with E-state index in [0.29, 0.717) is 23.6 Å². The molecular formula is C20H21NO5. The number of ether oxygens (including phenoxy) is 2. The van der Waals surface area contributed by atoms with Gasteiger partial charge in [0.15, 0.2) is 11.5 Å². The van der Waals surface area contributed by atoms with E-state index in [1.165, 1.54) is 0 Å². The van der Waals surface area contributed by atoms with E-state index in [0.717, 1.165) is 5.56 Å². The molecule has 0 saturated carbocycles. The van der Waals surface area contributed by atoms with Gasteiger partial charge in [0, 0.05) is 5.69 Å². The SMILES string of the molecule is CC(Cc1ccc(NC(=O)C2Oc3ccccc3OC2C)cc1)C(=O)O. The quantitative estimate of drug-likeness (QED) is 0.861. The number of aliphatic carboxylic acids is 1. The molecule has 0 fully saturated rings. The van der Waals surface area contributed by atoms with Gasteiger partial charge in [-0.05, 0) is 43.2 Å². The number of hydrogen-bond donors (Lipinski definition) is 2. The summed E-state index contributed by atoms with van der Waals surface area (Å²) in [5.41, 5.74) is 1.52. The second-order valence-corrected chi connectivity index (χ2v) is 6.44. The fourth-order valence-electron chi connectivity index (χ4n) is 2.78. The van der Waals surface area contributed by atoms with Crippen molar-refractivity contribution in [3.05, 3.63) is 54.1 Å². The summed E-state index contributed by atoms with van der Waals surface area (Å²) in [6.45, 7) is 3.45. The predicted molar refractivity (Wildman–Crippen MR) is 96.5 cm³/mol. The van der Waals surface area contributed by atoms with Crippen LogP contribution in [-0.2, 0) is 16.0 Å². The van der Waals surface area contributed by atoms with Gasteiger partial charge in [0.2, 0.25) is 6.10 Å². The summed E-state index contributed by atoms with van der Waals surface area (Å²) >= 11 is 0. The Kier molecular flexibility index (Phi) is 5.11. The Morgan fingerprint density at radius 3 is 2.31 bits per heavy atom. The van der Waals surface area contributed by atoms with Crippen molar-refractivity contribution in [2.75, 3.05) is 5.32 Å². The highest BCUT2D eigenvalue weighted by molar-refractivity contribution is 5.95. The van der Waals surface area contributed by atoms with Gasteiger partial charge in [-0.1, -0.05) is 31.2 Å². The first kappa shape index (κ1) is 17.8. The molecule has 6 nitrogen and oxygen atoms in total. The predicted octanol–water partition coefficient (Wildman–Crippen LogP) is 3.12. The van der Waals surface area contributed by atoms with Gasteiger partial charge in [0.1, 0.15) is 6.10 Å². The van der Waals surface area contributed by atoms with Gasteiger partial charge in [-0.15, -0.1) is 0 Å². The Hall–Kier alpha value is -3.02. The lowest BCUT2D eigenvalue weighted by atomic mass is 10.0. The highest BCUT2D eigenvalue weighted by Gasteiger charge is 2.34. The Morgan fingerprint density at radius 2 is 1.69 bits per heavy atom. The smallest absolute Gasteiger partial charge is 0.306 e. The molecule has 2 aromatic rings. The van der Waals surface area contributed by atoms with E-state index >= 15 is 0 Å². The molecule has 2 N–H and O–H groups in total. The van der Waals surface area contributed by atoms with E-state index < -0.39 is 24.1 Å². The van der Waals surface area contributed by atoms with E-state index in [-0.39, 0.29) is 5.91 Å². The number of carbonyl (C=O) groups is 2. The van der Waals surface area contributed by atoms with Crippen molar-refractivity contribution in [2.45, 2.75) is 32.5 Å². The van der Waals surface area contributed by atoms with Crippen LogP contribution < -0.4 is 14.8 Å². The van der Waals surface area contributed by atoms with Gasteiger partial charge in [-0.3, -0.25) is 9.59 Å². The van der Waals surface area contributed by atoms with Crippen LogP contribution in [0, 0.1) is 5.92 Å². The van der Waals surface area contributed by atoms with Crippen LogP contribution in [0.1, 0.15) is 19.4 Å². The number of benzene rings is 2. The van der Waals surface area contributed by atoms with Crippen molar-refractivity contribution in [1.29, 1.82) is 0 Å². The van der Waals surface area contributed by atoms with E-state index in [4.69, 9.17) is 14.6 Å². The number of fused-ring (bicyclic) bond motifs is 1. The molecule has 0 saturated heterocycles. The molecule has 0 bridgehead atoms. The number of anilines is 1. The van der Waals surface area contributed by atoms with Crippen LogP contribution in [0.5, 0.6) is 11.5 Å². The van der Waals surface area contributed by atoms with Crippen molar-refractivity contribution in [1.82, 2.24) is 0 Å². The molecule has 0 aliphatic carbocycles. The van der Waals surface area contributed by atoms with Crippen molar-refractivity contribution in [2.24, 2.45) is 5.92 Å². The van der Waals surface area contributed by atoms with Crippen LogP contribution in [-0.4, -0.2) is 29.2 Å². The van der Waals surface area contributed by atoms with Crippen molar-refractivity contribution in [3.63, 3.8) is 0 Å². The van der Waals surface area contributed by atoms with Crippen LogP contribution in [0.4, 0.5) is 5.69 Å². The Morgan fingerprint density at radius 1 is 1.08 bits per heavy atom. The number of carboxylic acid groups (broad SMARTS) is 1.